The van der Waals surface area contributed by atoms with Gasteiger partial charge in [-0.15, -0.1) is 10.2 Å². The number of nitrogens with zero attached hydrogens (tertiary/aromatic N) is 4. The molecule has 10 heteroatoms. The first-order chi connectivity index (χ1) is 14.1. The van der Waals surface area contributed by atoms with Crippen LogP contribution in [0.1, 0.15) is 18.6 Å². The van der Waals surface area contributed by atoms with Crippen LogP contribution in [0.5, 0.6) is 0 Å². The van der Waals surface area contributed by atoms with Crippen LogP contribution in [0, 0.1) is 0 Å². The Labute approximate surface area is 182 Å². The average Bonchev–Trinajstić information content (AvgIpc) is 3.45. The highest BCUT2D eigenvalue weighted by atomic mass is 35.5. The van der Waals surface area contributed by atoms with Gasteiger partial charge in [-0.2, -0.15) is 0 Å². The molecule has 0 atom stereocenters. The Morgan fingerprint density at radius 2 is 2.03 bits per heavy atom. The fraction of sp³-hybridized carbons (Fsp3) is 0.316. The van der Waals surface area contributed by atoms with Crippen LogP contribution in [0.3, 0.4) is 0 Å². The second kappa shape index (κ2) is 9.11. The summed E-state index contributed by atoms with van der Waals surface area (Å²) in [6.07, 6.45) is 3.92. The minimum Gasteiger partial charge on any atom is -0.467 e. The van der Waals surface area contributed by atoms with Crippen molar-refractivity contribution in [3.63, 3.8) is 0 Å². The number of hydrogen-bond donors (Lipinski definition) is 1. The summed E-state index contributed by atoms with van der Waals surface area (Å²) in [4.78, 5) is 14.6. The summed E-state index contributed by atoms with van der Waals surface area (Å²) < 4.78 is 7.49. The Bertz CT molecular complexity index is 987. The van der Waals surface area contributed by atoms with Gasteiger partial charge < -0.3 is 14.6 Å². The topological polar surface area (TPSA) is 76.2 Å². The number of benzene rings is 1. The molecule has 0 unspecified atom stereocenters. The zero-order valence-corrected chi connectivity index (χ0v) is 17.8. The van der Waals surface area contributed by atoms with E-state index in [4.69, 9.17) is 27.6 Å². The molecule has 152 valence electrons. The summed E-state index contributed by atoms with van der Waals surface area (Å²) >= 11 is 13.4. The summed E-state index contributed by atoms with van der Waals surface area (Å²) in [6.45, 7) is 2.42. The van der Waals surface area contributed by atoms with E-state index in [9.17, 15) is 4.79 Å². The van der Waals surface area contributed by atoms with E-state index in [2.05, 4.69) is 20.4 Å². The lowest BCUT2D eigenvalue weighted by atomic mass is 10.3. The Morgan fingerprint density at radius 1 is 1.21 bits per heavy atom. The van der Waals surface area contributed by atoms with Crippen molar-refractivity contribution in [3.8, 4) is 0 Å². The number of amides is 1. The summed E-state index contributed by atoms with van der Waals surface area (Å²) in [7, 11) is 0. The van der Waals surface area contributed by atoms with Crippen LogP contribution in [-0.2, 0) is 11.3 Å². The number of hydrogen-bond acceptors (Lipinski definition) is 6. The Balaban J connectivity index is 1.47. The lowest BCUT2D eigenvalue weighted by Crippen LogP contribution is -2.23. The van der Waals surface area contributed by atoms with E-state index in [1.165, 1.54) is 11.8 Å². The summed E-state index contributed by atoms with van der Waals surface area (Å²) in [5.41, 5.74) is 0.486. The first-order valence-corrected chi connectivity index (χ1v) is 10.9. The number of thioether (sulfide) groups is 1. The van der Waals surface area contributed by atoms with Gasteiger partial charge in [0.15, 0.2) is 5.16 Å². The summed E-state index contributed by atoms with van der Waals surface area (Å²) in [5.74, 6) is 1.58. The maximum absolute atomic E-state index is 12.4. The van der Waals surface area contributed by atoms with Gasteiger partial charge in [0.05, 0.1) is 29.3 Å². The van der Waals surface area contributed by atoms with Gasteiger partial charge in [-0.05, 0) is 43.2 Å². The first-order valence-electron chi connectivity index (χ1n) is 9.18. The molecule has 2 aromatic heterocycles. The van der Waals surface area contributed by atoms with Crippen molar-refractivity contribution in [1.82, 2.24) is 14.8 Å². The largest absolute Gasteiger partial charge is 0.467 e. The van der Waals surface area contributed by atoms with Gasteiger partial charge in [-0.3, -0.25) is 9.36 Å². The molecule has 7 nitrogen and oxygen atoms in total. The van der Waals surface area contributed by atoms with E-state index in [1.807, 2.05) is 16.7 Å². The van der Waals surface area contributed by atoms with E-state index < -0.39 is 0 Å². The molecule has 0 spiro atoms. The third kappa shape index (κ3) is 4.88. The van der Waals surface area contributed by atoms with E-state index in [-0.39, 0.29) is 11.7 Å². The van der Waals surface area contributed by atoms with Crippen LogP contribution in [0.2, 0.25) is 10.0 Å². The molecule has 1 N–H and O–H groups in total. The molecule has 0 saturated carbocycles. The van der Waals surface area contributed by atoms with Crippen molar-refractivity contribution in [2.45, 2.75) is 24.5 Å². The molecule has 3 aromatic rings. The summed E-state index contributed by atoms with van der Waals surface area (Å²) in [5, 5.41) is 13.1. The molecular weight excluding hydrogens is 433 g/mol. The SMILES string of the molecule is O=C(CSc1nnc(N2CCCC2)n1Cc1ccco1)Nc1cc(Cl)ccc1Cl. The fourth-order valence-electron chi connectivity index (χ4n) is 3.15. The number of rotatable bonds is 7. The second-order valence-electron chi connectivity index (χ2n) is 6.60. The highest BCUT2D eigenvalue weighted by Crippen LogP contribution is 2.28. The van der Waals surface area contributed by atoms with Crippen LogP contribution in [0.4, 0.5) is 11.6 Å². The number of carbonyl (C=O) groups is 1. The molecular formula is C19H19Cl2N5O2S. The zero-order chi connectivity index (χ0) is 20.2. The van der Waals surface area contributed by atoms with Gasteiger partial charge in [0, 0.05) is 18.1 Å². The third-order valence-corrected chi connectivity index (χ3v) is 6.05. The lowest BCUT2D eigenvalue weighted by molar-refractivity contribution is -0.113. The number of carbonyl (C=O) groups excluding carboxylic acids is 1. The van der Waals surface area contributed by atoms with Gasteiger partial charge in [-0.1, -0.05) is 35.0 Å². The van der Waals surface area contributed by atoms with Gasteiger partial charge in [0.1, 0.15) is 5.76 Å². The second-order valence-corrected chi connectivity index (χ2v) is 8.39. The molecule has 1 aliphatic rings. The van der Waals surface area contributed by atoms with Gasteiger partial charge in [-0.25, -0.2) is 0 Å². The molecule has 1 amide bonds. The van der Waals surface area contributed by atoms with E-state index in [0.717, 1.165) is 37.6 Å². The molecule has 0 radical (unpaired) electrons. The zero-order valence-electron chi connectivity index (χ0n) is 15.5. The van der Waals surface area contributed by atoms with Crippen molar-refractivity contribution < 1.29 is 9.21 Å². The third-order valence-electron chi connectivity index (χ3n) is 4.52. The number of halogens is 2. The molecule has 0 bridgehead atoms. The van der Waals surface area contributed by atoms with Crippen molar-refractivity contribution >= 4 is 52.5 Å². The van der Waals surface area contributed by atoms with Crippen LogP contribution < -0.4 is 10.2 Å². The normalized spacial score (nSPS) is 13.8. The van der Waals surface area contributed by atoms with E-state index in [1.54, 1.807) is 24.5 Å². The average molecular weight is 452 g/mol. The Kier molecular flexibility index (Phi) is 6.32. The van der Waals surface area contributed by atoms with Crippen molar-refractivity contribution in [2.75, 3.05) is 29.1 Å². The van der Waals surface area contributed by atoms with Crippen molar-refractivity contribution in [3.05, 3.63) is 52.4 Å². The predicted octanol–water partition coefficient (Wildman–Crippen LogP) is 4.56. The fourth-order valence-corrected chi connectivity index (χ4v) is 4.22. The molecule has 3 heterocycles. The Morgan fingerprint density at radius 3 is 2.79 bits per heavy atom. The molecule has 4 rings (SSSR count). The Hall–Kier alpha value is -2.16. The molecule has 29 heavy (non-hydrogen) atoms. The van der Waals surface area contributed by atoms with Crippen LogP contribution in [-0.4, -0.2) is 39.5 Å². The van der Waals surface area contributed by atoms with Crippen molar-refractivity contribution in [2.24, 2.45) is 0 Å². The van der Waals surface area contributed by atoms with E-state index in [0.29, 0.717) is 27.4 Å². The van der Waals surface area contributed by atoms with Crippen LogP contribution in [0.25, 0.3) is 0 Å². The van der Waals surface area contributed by atoms with Crippen LogP contribution in [0.15, 0.2) is 46.2 Å². The monoisotopic (exact) mass is 451 g/mol. The number of furan rings is 1. The highest BCUT2D eigenvalue weighted by Gasteiger charge is 2.22. The molecule has 0 aliphatic carbocycles. The number of anilines is 2. The van der Waals surface area contributed by atoms with Crippen molar-refractivity contribution in [1.29, 1.82) is 0 Å². The molecule has 1 aliphatic heterocycles. The smallest absolute Gasteiger partial charge is 0.234 e. The number of nitrogens with one attached hydrogen (secondary N) is 1. The number of aromatic nitrogens is 3. The lowest BCUT2D eigenvalue weighted by Gasteiger charge is -2.17. The molecule has 1 fully saturated rings. The van der Waals surface area contributed by atoms with Gasteiger partial charge >= 0.3 is 0 Å². The summed E-state index contributed by atoms with van der Waals surface area (Å²) in [6, 6.07) is 8.71. The first kappa shape index (κ1) is 20.1. The van der Waals surface area contributed by atoms with Gasteiger partial charge in [0.2, 0.25) is 11.9 Å². The highest BCUT2D eigenvalue weighted by molar-refractivity contribution is 7.99. The maximum atomic E-state index is 12.4. The van der Waals surface area contributed by atoms with Crippen LogP contribution >= 0.6 is 35.0 Å². The van der Waals surface area contributed by atoms with Gasteiger partial charge in [0.25, 0.3) is 0 Å². The standard InChI is InChI=1S/C19H19Cl2N5O2S/c20-13-5-6-15(21)16(10-13)22-17(27)12-29-19-24-23-18(25-7-1-2-8-25)26(19)11-14-4-3-9-28-14/h3-6,9-10H,1-2,7-8,11-12H2,(H,22,27). The minimum absolute atomic E-state index is 0.166. The van der Waals surface area contributed by atoms with E-state index >= 15 is 0 Å². The molecule has 1 aromatic carbocycles. The minimum atomic E-state index is -0.200. The predicted molar refractivity (Wildman–Crippen MR) is 115 cm³/mol. The maximum Gasteiger partial charge on any atom is 0.234 e. The molecule has 1 saturated heterocycles. The quantitative estimate of drug-likeness (QED) is 0.530.